The van der Waals surface area contributed by atoms with Gasteiger partial charge in [-0.3, -0.25) is 9.59 Å². The predicted octanol–water partition coefficient (Wildman–Crippen LogP) is 2.18. The van der Waals surface area contributed by atoms with Crippen LogP contribution in [-0.2, 0) is 19.6 Å². The average molecular weight is 416 g/mol. The number of carbonyl (C=O) groups is 2. The molecule has 0 spiro atoms. The van der Waals surface area contributed by atoms with Crippen molar-refractivity contribution in [2.75, 3.05) is 13.2 Å². The van der Waals surface area contributed by atoms with Crippen LogP contribution in [0.1, 0.15) is 24.0 Å². The van der Waals surface area contributed by atoms with Gasteiger partial charge in [0.1, 0.15) is 18.4 Å². The second-order valence-corrected chi connectivity index (χ2v) is 8.78. The Kier molecular flexibility index (Phi) is 6.22. The second-order valence-electron chi connectivity index (χ2n) is 6.97. The molecule has 7 nitrogen and oxygen atoms in total. The van der Waals surface area contributed by atoms with Crippen LogP contribution in [0.3, 0.4) is 0 Å². The summed E-state index contributed by atoms with van der Waals surface area (Å²) in [5.74, 6) is -0.344. The first kappa shape index (κ1) is 20.9. The van der Waals surface area contributed by atoms with Gasteiger partial charge in [-0.15, -0.1) is 0 Å². The molecule has 0 bridgehead atoms. The Morgan fingerprint density at radius 1 is 1.14 bits per heavy atom. The van der Waals surface area contributed by atoms with E-state index in [-0.39, 0.29) is 30.9 Å². The van der Waals surface area contributed by atoms with Gasteiger partial charge in [0.2, 0.25) is 11.8 Å². The number of nitrogens with zero attached hydrogens (tertiary/aromatic N) is 1. The number of nitrogens with one attached hydrogen (secondary N) is 1. The first-order valence-corrected chi connectivity index (χ1v) is 10.8. The number of hydrogen-bond donors (Lipinski definition) is 1. The van der Waals surface area contributed by atoms with E-state index in [0.29, 0.717) is 0 Å². The molecule has 154 valence electrons. The van der Waals surface area contributed by atoms with Crippen molar-refractivity contribution in [1.29, 1.82) is 0 Å². The maximum Gasteiger partial charge on any atom is 0.267 e. The van der Waals surface area contributed by atoms with Gasteiger partial charge in [0.25, 0.3) is 10.0 Å². The summed E-state index contributed by atoms with van der Waals surface area (Å²) in [6.07, 6.45) is 0.178. The van der Waals surface area contributed by atoms with E-state index in [1.165, 1.54) is 12.1 Å². The van der Waals surface area contributed by atoms with Crippen molar-refractivity contribution < 1.29 is 22.7 Å². The van der Waals surface area contributed by atoms with Crippen LogP contribution in [0.4, 0.5) is 0 Å². The van der Waals surface area contributed by atoms with Crippen molar-refractivity contribution in [2.24, 2.45) is 0 Å². The van der Waals surface area contributed by atoms with Crippen LogP contribution in [0.25, 0.3) is 0 Å². The number of rotatable bonds is 7. The van der Waals surface area contributed by atoms with Crippen LogP contribution in [0.2, 0.25) is 0 Å². The van der Waals surface area contributed by atoms with Crippen LogP contribution in [-0.4, -0.2) is 43.7 Å². The molecule has 1 aliphatic heterocycles. The summed E-state index contributed by atoms with van der Waals surface area (Å²) in [6.45, 7) is 4.21. The van der Waals surface area contributed by atoms with Crippen LogP contribution in [0.5, 0.6) is 5.75 Å². The van der Waals surface area contributed by atoms with Gasteiger partial charge in [0.05, 0.1) is 11.4 Å². The topological polar surface area (TPSA) is 92.8 Å². The maximum absolute atomic E-state index is 12.9. The molecule has 2 amide bonds. The van der Waals surface area contributed by atoms with E-state index in [4.69, 9.17) is 4.74 Å². The van der Waals surface area contributed by atoms with Crippen LogP contribution in [0.15, 0.2) is 53.4 Å². The third-order valence-electron chi connectivity index (χ3n) is 4.79. The summed E-state index contributed by atoms with van der Waals surface area (Å²) in [4.78, 5) is 24.9. The highest BCUT2D eigenvalue weighted by Crippen LogP contribution is 2.27. The first-order valence-electron chi connectivity index (χ1n) is 9.41. The lowest BCUT2D eigenvalue weighted by atomic mass is 10.2. The molecule has 1 unspecified atom stereocenters. The summed E-state index contributed by atoms with van der Waals surface area (Å²) >= 11 is 0. The van der Waals surface area contributed by atoms with Crippen molar-refractivity contribution in [3.63, 3.8) is 0 Å². The largest absolute Gasteiger partial charge is 0.491 e. The SMILES string of the molecule is Cc1ccc(S(=O)(=O)N2C(=O)CCC2C(=O)NCCOc2ccccc2C)cc1. The Morgan fingerprint density at radius 3 is 2.52 bits per heavy atom. The lowest BCUT2D eigenvalue weighted by molar-refractivity contribution is -0.130. The van der Waals surface area contributed by atoms with Gasteiger partial charge in [0, 0.05) is 6.42 Å². The molecular weight excluding hydrogens is 392 g/mol. The number of benzene rings is 2. The predicted molar refractivity (Wildman–Crippen MR) is 108 cm³/mol. The Balaban J connectivity index is 1.64. The smallest absolute Gasteiger partial charge is 0.267 e. The fourth-order valence-corrected chi connectivity index (χ4v) is 4.80. The van der Waals surface area contributed by atoms with Gasteiger partial charge in [-0.25, -0.2) is 12.7 Å². The normalized spacial score (nSPS) is 16.7. The van der Waals surface area contributed by atoms with Gasteiger partial charge in [-0.1, -0.05) is 35.9 Å². The molecule has 1 saturated heterocycles. The summed E-state index contributed by atoms with van der Waals surface area (Å²) in [6, 6.07) is 12.7. The van der Waals surface area contributed by atoms with Crippen LogP contribution in [0, 0.1) is 13.8 Å². The lowest BCUT2D eigenvalue weighted by Gasteiger charge is -2.23. The first-order chi connectivity index (χ1) is 13.8. The third kappa shape index (κ3) is 4.59. The number of sulfonamides is 1. The van der Waals surface area contributed by atoms with E-state index < -0.39 is 27.9 Å². The van der Waals surface area contributed by atoms with Crippen LogP contribution >= 0.6 is 0 Å². The number of para-hydroxylation sites is 1. The summed E-state index contributed by atoms with van der Waals surface area (Å²) < 4.78 is 32.2. The molecule has 3 rings (SSSR count). The maximum atomic E-state index is 12.9. The van der Waals surface area contributed by atoms with Crippen LogP contribution < -0.4 is 10.1 Å². The van der Waals surface area contributed by atoms with Gasteiger partial charge < -0.3 is 10.1 Å². The van der Waals surface area contributed by atoms with E-state index in [1.807, 2.05) is 38.1 Å². The molecule has 0 aliphatic carbocycles. The quantitative estimate of drug-likeness (QED) is 0.699. The average Bonchev–Trinajstić information content (AvgIpc) is 3.09. The van der Waals surface area contributed by atoms with E-state index in [0.717, 1.165) is 21.2 Å². The Morgan fingerprint density at radius 2 is 1.83 bits per heavy atom. The molecule has 1 atom stereocenters. The highest BCUT2D eigenvalue weighted by molar-refractivity contribution is 7.89. The molecule has 1 fully saturated rings. The number of aryl methyl sites for hydroxylation is 2. The summed E-state index contributed by atoms with van der Waals surface area (Å²) in [5, 5.41) is 2.68. The standard InChI is InChI=1S/C21H24N2O5S/c1-15-7-9-17(10-8-15)29(26,27)23-18(11-12-20(23)24)21(25)22-13-14-28-19-6-4-3-5-16(19)2/h3-10,18H,11-14H2,1-2H3,(H,22,25). The van der Waals surface area contributed by atoms with Crippen molar-refractivity contribution in [3.05, 3.63) is 59.7 Å². The zero-order chi connectivity index (χ0) is 21.0. The number of amides is 2. The monoisotopic (exact) mass is 416 g/mol. The second kappa shape index (κ2) is 8.65. The number of carbonyl (C=O) groups excluding carboxylic acids is 2. The fraction of sp³-hybridized carbons (Fsp3) is 0.333. The van der Waals surface area contributed by atoms with E-state index >= 15 is 0 Å². The molecule has 0 aromatic heterocycles. The molecule has 0 saturated carbocycles. The summed E-state index contributed by atoms with van der Waals surface area (Å²) in [7, 11) is -4.09. The molecule has 1 heterocycles. The Bertz CT molecular complexity index is 1000. The molecular formula is C21H24N2O5S. The zero-order valence-corrected chi connectivity index (χ0v) is 17.2. The highest BCUT2D eigenvalue weighted by Gasteiger charge is 2.44. The lowest BCUT2D eigenvalue weighted by Crippen LogP contribution is -2.48. The molecule has 8 heteroatoms. The van der Waals surface area contributed by atoms with Crippen molar-refractivity contribution in [1.82, 2.24) is 9.62 Å². The molecule has 1 aliphatic rings. The van der Waals surface area contributed by atoms with Gasteiger partial charge in [-0.05, 0) is 44.0 Å². The molecule has 29 heavy (non-hydrogen) atoms. The molecule has 2 aromatic carbocycles. The van der Waals surface area contributed by atoms with Gasteiger partial charge in [0.15, 0.2) is 0 Å². The van der Waals surface area contributed by atoms with Gasteiger partial charge in [-0.2, -0.15) is 0 Å². The summed E-state index contributed by atoms with van der Waals surface area (Å²) in [5.41, 5.74) is 1.88. The van der Waals surface area contributed by atoms with Crippen molar-refractivity contribution in [2.45, 2.75) is 37.6 Å². The number of hydrogen-bond acceptors (Lipinski definition) is 5. The van der Waals surface area contributed by atoms with Crippen molar-refractivity contribution >= 4 is 21.8 Å². The molecule has 0 radical (unpaired) electrons. The highest BCUT2D eigenvalue weighted by atomic mass is 32.2. The third-order valence-corrected chi connectivity index (χ3v) is 6.64. The molecule has 2 aromatic rings. The Labute approximate surface area is 170 Å². The van der Waals surface area contributed by atoms with E-state index in [9.17, 15) is 18.0 Å². The fourth-order valence-electron chi connectivity index (χ4n) is 3.20. The molecule has 1 N–H and O–H groups in total. The Hall–Kier alpha value is -2.87. The minimum absolute atomic E-state index is 0.000892. The minimum atomic E-state index is -4.09. The van der Waals surface area contributed by atoms with E-state index in [2.05, 4.69) is 5.32 Å². The van der Waals surface area contributed by atoms with E-state index in [1.54, 1.807) is 12.1 Å². The number of ether oxygens (including phenoxy) is 1. The minimum Gasteiger partial charge on any atom is -0.491 e. The van der Waals surface area contributed by atoms with Crippen molar-refractivity contribution in [3.8, 4) is 5.75 Å². The van der Waals surface area contributed by atoms with Gasteiger partial charge >= 0.3 is 0 Å². The zero-order valence-electron chi connectivity index (χ0n) is 16.4.